The molecule has 1 aliphatic rings. The number of hydrogen-bond acceptors (Lipinski definition) is 5. The molecule has 2 unspecified atom stereocenters. The molecule has 2 atom stereocenters. The third-order valence-corrected chi connectivity index (χ3v) is 3.58. The molecule has 130 valence electrons. The first kappa shape index (κ1) is 19.0. The van der Waals surface area contributed by atoms with E-state index in [2.05, 4.69) is 14.2 Å². The van der Waals surface area contributed by atoms with Crippen LogP contribution in [-0.4, -0.2) is 48.5 Å². The minimum atomic E-state index is -5.74. The Bertz CT molecular complexity index is 423. The van der Waals surface area contributed by atoms with Gasteiger partial charge < -0.3 is 19.3 Å². The molecule has 1 heterocycles. The lowest BCUT2D eigenvalue weighted by molar-refractivity contribution is -0.484. The van der Waals surface area contributed by atoms with Gasteiger partial charge in [-0.2, -0.15) is 22.0 Å². The Morgan fingerprint density at radius 1 is 1.36 bits per heavy atom. The molecule has 0 radical (unpaired) electrons. The average Bonchev–Trinajstić information content (AvgIpc) is 2.38. The Balaban J connectivity index is 2.86. The zero-order valence-corrected chi connectivity index (χ0v) is 12.2. The fourth-order valence-corrected chi connectivity index (χ4v) is 1.54. The van der Waals surface area contributed by atoms with E-state index >= 15 is 0 Å². The molecule has 0 amide bonds. The van der Waals surface area contributed by atoms with E-state index in [4.69, 9.17) is 5.11 Å². The molecule has 0 spiro atoms. The van der Waals surface area contributed by atoms with Crippen LogP contribution in [-0.2, 0) is 19.0 Å². The molecule has 10 heteroatoms. The van der Waals surface area contributed by atoms with Gasteiger partial charge in [0, 0.05) is 0 Å². The molecule has 1 rings (SSSR count). The van der Waals surface area contributed by atoms with E-state index < -0.39 is 48.8 Å². The topological polar surface area (TPSA) is 65.0 Å². The summed E-state index contributed by atoms with van der Waals surface area (Å²) in [6.45, 7) is 2.28. The zero-order valence-electron chi connectivity index (χ0n) is 12.2. The maximum absolute atomic E-state index is 13.8. The number of carbonyl (C=O) groups is 1. The van der Waals surface area contributed by atoms with Gasteiger partial charge in [-0.3, -0.25) is 4.79 Å². The number of rotatable bonds is 4. The lowest BCUT2D eigenvalue weighted by Gasteiger charge is -2.43. The lowest BCUT2D eigenvalue weighted by atomic mass is 9.90. The summed E-state index contributed by atoms with van der Waals surface area (Å²) < 4.78 is 78.2. The van der Waals surface area contributed by atoms with Crippen LogP contribution in [0.5, 0.6) is 0 Å². The first-order valence-corrected chi connectivity index (χ1v) is 6.39. The van der Waals surface area contributed by atoms with Crippen molar-refractivity contribution < 1.29 is 46.1 Å². The van der Waals surface area contributed by atoms with Crippen LogP contribution < -0.4 is 0 Å². The fourth-order valence-electron chi connectivity index (χ4n) is 1.54. The summed E-state index contributed by atoms with van der Waals surface area (Å²) >= 11 is 0. The van der Waals surface area contributed by atoms with Crippen molar-refractivity contribution >= 4 is 5.97 Å². The van der Waals surface area contributed by atoms with Crippen LogP contribution in [0.25, 0.3) is 0 Å². The average molecular weight is 336 g/mol. The second-order valence-electron chi connectivity index (χ2n) is 5.52. The number of alkyl halides is 5. The first-order valence-electron chi connectivity index (χ1n) is 6.39. The van der Waals surface area contributed by atoms with Crippen molar-refractivity contribution in [1.29, 1.82) is 0 Å². The van der Waals surface area contributed by atoms with Gasteiger partial charge in [0.2, 0.25) is 0 Å². The monoisotopic (exact) mass is 336 g/mol. The number of esters is 1. The fraction of sp³-hybridized carbons (Fsp3) is 0.917. The molecule has 5 nitrogen and oxygen atoms in total. The van der Waals surface area contributed by atoms with Gasteiger partial charge in [-0.05, 0) is 20.3 Å². The van der Waals surface area contributed by atoms with E-state index in [0.29, 0.717) is 6.42 Å². The Morgan fingerprint density at radius 3 is 2.36 bits per heavy atom. The molecule has 1 saturated heterocycles. The molecule has 0 bridgehead atoms. The summed E-state index contributed by atoms with van der Waals surface area (Å²) in [5.74, 6) is -10.4. The van der Waals surface area contributed by atoms with Gasteiger partial charge in [-0.15, -0.1) is 0 Å². The molecular formula is C12H17F5O5. The van der Waals surface area contributed by atoms with E-state index in [1.807, 2.05) is 0 Å². The molecule has 0 aromatic rings. The summed E-state index contributed by atoms with van der Waals surface area (Å²) in [5, 5.41) is 9.16. The van der Waals surface area contributed by atoms with Crippen LogP contribution in [0.4, 0.5) is 22.0 Å². The molecule has 1 aliphatic heterocycles. The number of carbonyl (C=O) groups excluding carboxylic acids is 1. The SMILES string of the molecule is CCC(C)(C)C(=O)OCC1OCOC(O)(C(F)(F)F)C1(F)F. The van der Waals surface area contributed by atoms with Gasteiger partial charge >= 0.3 is 23.9 Å². The highest BCUT2D eigenvalue weighted by Crippen LogP contribution is 2.47. The molecule has 0 aromatic carbocycles. The summed E-state index contributed by atoms with van der Waals surface area (Å²) in [4.78, 5) is 11.7. The van der Waals surface area contributed by atoms with Crippen molar-refractivity contribution in [2.24, 2.45) is 5.41 Å². The highest BCUT2D eigenvalue weighted by molar-refractivity contribution is 5.75. The van der Waals surface area contributed by atoms with Crippen molar-refractivity contribution in [3.8, 4) is 0 Å². The van der Waals surface area contributed by atoms with Crippen LogP contribution in [0, 0.1) is 5.41 Å². The first-order chi connectivity index (χ1) is 9.79. The Morgan fingerprint density at radius 2 is 1.91 bits per heavy atom. The van der Waals surface area contributed by atoms with Crippen LogP contribution in [0.1, 0.15) is 27.2 Å². The normalized spacial score (nSPS) is 29.2. The van der Waals surface area contributed by atoms with Crippen LogP contribution >= 0.6 is 0 Å². The Labute approximate surface area is 123 Å². The number of hydrogen-bond donors (Lipinski definition) is 1. The van der Waals surface area contributed by atoms with Crippen molar-refractivity contribution in [2.45, 2.75) is 51.2 Å². The van der Waals surface area contributed by atoms with E-state index in [1.165, 1.54) is 13.8 Å². The molecule has 0 aliphatic carbocycles. The van der Waals surface area contributed by atoms with E-state index in [1.54, 1.807) is 6.92 Å². The molecule has 1 fully saturated rings. The third kappa shape index (κ3) is 3.18. The van der Waals surface area contributed by atoms with Crippen molar-refractivity contribution in [2.75, 3.05) is 13.4 Å². The molecule has 1 N–H and O–H groups in total. The number of aliphatic hydroxyl groups is 1. The van der Waals surface area contributed by atoms with Crippen molar-refractivity contribution in [3.63, 3.8) is 0 Å². The predicted molar refractivity (Wildman–Crippen MR) is 61.8 cm³/mol. The zero-order chi connectivity index (χ0) is 17.4. The van der Waals surface area contributed by atoms with Crippen molar-refractivity contribution in [3.05, 3.63) is 0 Å². The van der Waals surface area contributed by atoms with E-state index in [9.17, 15) is 26.7 Å². The van der Waals surface area contributed by atoms with Gasteiger partial charge in [0.1, 0.15) is 6.61 Å². The van der Waals surface area contributed by atoms with Gasteiger partial charge in [-0.25, -0.2) is 0 Å². The third-order valence-electron chi connectivity index (χ3n) is 3.58. The predicted octanol–water partition coefficient (Wildman–Crippen LogP) is 2.22. The summed E-state index contributed by atoms with van der Waals surface area (Å²) in [6.07, 6.45) is -7.89. The standard InChI is InChI=1S/C12H17F5O5/c1-4-9(2,3)8(18)20-5-7-10(13,14)11(19,12(15,16)17)22-6-21-7/h7,19H,4-6H2,1-3H3. The van der Waals surface area contributed by atoms with Gasteiger partial charge in [-0.1, -0.05) is 6.92 Å². The lowest BCUT2D eigenvalue weighted by Crippen LogP contribution is -2.69. The largest absolute Gasteiger partial charge is 0.462 e. The maximum atomic E-state index is 13.8. The van der Waals surface area contributed by atoms with E-state index in [0.717, 1.165) is 0 Å². The molecule has 0 aromatic heterocycles. The summed E-state index contributed by atoms with van der Waals surface area (Å²) in [5.41, 5.74) is -0.985. The molecule has 22 heavy (non-hydrogen) atoms. The van der Waals surface area contributed by atoms with E-state index in [-0.39, 0.29) is 0 Å². The smallest absolute Gasteiger partial charge is 0.449 e. The maximum Gasteiger partial charge on any atom is 0.449 e. The summed E-state index contributed by atoms with van der Waals surface area (Å²) in [6, 6.07) is 0. The quantitative estimate of drug-likeness (QED) is 0.630. The minimum absolute atomic E-state index is 0.337. The Hall–Kier alpha value is -1.00. The second kappa shape index (κ2) is 5.89. The van der Waals surface area contributed by atoms with Gasteiger partial charge in [0.05, 0.1) is 5.41 Å². The van der Waals surface area contributed by atoms with Crippen LogP contribution in [0.3, 0.4) is 0 Å². The molecular weight excluding hydrogens is 319 g/mol. The molecule has 0 saturated carbocycles. The summed E-state index contributed by atoms with van der Waals surface area (Å²) in [7, 11) is 0. The highest BCUT2D eigenvalue weighted by Gasteiger charge is 2.75. The van der Waals surface area contributed by atoms with Crippen molar-refractivity contribution in [1.82, 2.24) is 0 Å². The van der Waals surface area contributed by atoms with Gasteiger partial charge in [0.15, 0.2) is 12.9 Å². The minimum Gasteiger partial charge on any atom is -0.462 e. The Kier molecular flexibility index (Phi) is 5.10. The second-order valence-corrected chi connectivity index (χ2v) is 5.52. The van der Waals surface area contributed by atoms with Crippen LogP contribution in [0.2, 0.25) is 0 Å². The number of ether oxygens (including phenoxy) is 3. The van der Waals surface area contributed by atoms with Gasteiger partial charge in [0.25, 0.3) is 0 Å². The number of halogens is 5. The van der Waals surface area contributed by atoms with Crippen LogP contribution in [0.15, 0.2) is 0 Å². The highest BCUT2D eigenvalue weighted by atomic mass is 19.4.